The van der Waals surface area contributed by atoms with Crippen molar-refractivity contribution in [2.24, 2.45) is 51.5 Å². The van der Waals surface area contributed by atoms with Gasteiger partial charge in [0.1, 0.15) is 12.8 Å². The van der Waals surface area contributed by atoms with Gasteiger partial charge in [-0.25, -0.2) is 4.79 Å². The second-order valence-electron chi connectivity index (χ2n) is 14.7. The second-order valence-corrected chi connectivity index (χ2v) is 14.7. The normalized spacial score (nSPS) is 36.2. The maximum absolute atomic E-state index is 12.6. The minimum atomic E-state index is -0.767. The van der Waals surface area contributed by atoms with E-state index < -0.39 is 12.3 Å². The van der Waals surface area contributed by atoms with Gasteiger partial charge < -0.3 is 30.3 Å². The molecule has 4 fully saturated rings. The molecule has 4 aliphatic carbocycles. The van der Waals surface area contributed by atoms with Crippen LogP contribution in [0.2, 0.25) is 0 Å². The van der Waals surface area contributed by atoms with E-state index in [2.05, 4.69) is 47.4 Å². The summed E-state index contributed by atoms with van der Waals surface area (Å²) in [5.41, 5.74) is 8.69. The molecule has 0 heterocycles. The van der Waals surface area contributed by atoms with Crippen LogP contribution >= 0.6 is 0 Å². The SMILES string of the molecule is C#CCC(NC(=O)/C=C/CC[C@@H](C)[C@H]1CC[C@H]2[C@@H]3C(O)C[C@@H]4C[C@H](O)CC[C@]4(C)[C@H]3CC[C@]12C)NC(=O)OCCOCCN=[N+]=[N-]. The Hall–Kier alpha value is -2.77. The van der Waals surface area contributed by atoms with Crippen LogP contribution in [0.25, 0.3) is 10.4 Å². The van der Waals surface area contributed by atoms with Crippen molar-refractivity contribution in [1.29, 1.82) is 0 Å². The number of alkyl carbamates (subject to hydrolysis) is 1. The number of fused-ring (bicyclic) bond motifs is 5. The van der Waals surface area contributed by atoms with Crippen LogP contribution in [0, 0.1) is 58.7 Å². The summed E-state index contributed by atoms with van der Waals surface area (Å²) < 4.78 is 10.2. The molecule has 2 unspecified atom stereocenters. The van der Waals surface area contributed by atoms with Crippen LogP contribution in [0.1, 0.15) is 91.4 Å². The molecule has 0 spiro atoms. The first kappa shape index (κ1) is 36.1. The third-order valence-corrected chi connectivity index (χ3v) is 12.3. The number of nitrogens with zero attached hydrogens (tertiary/aromatic N) is 3. The molecule has 0 saturated heterocycles. The maximum Gasteiger partial charge on any atom is 0.408 e. The molecule has 0 aromatic rings. The van der Waals surface area contributed by atoms with E-state index in [1.807, 2.05) is 6.08 Å². The van der Waals surface area contributed by atoms with Gasteiger partial charge in [0.05, 0.1) is 25.4 Å². The topological polar surface area (TPSA) is 166 Å². The van der Waals surface area contributed by atoms with Crippen LogP contribution in [-0.2, 0) is 14.3 Å². The Bertz CT molecular complexity index is 1170. The Morgan fingerprint density at radius 1 is 1.09 bits per heavy atom. The molecule has 4 rings (SSSR count). The number of terminal acetylenes is 1. The molecule has 4 aliphatic rings. The van der Waals surface area contributed by atoms with Crippen LogP contribution in [-0.4, -0.2) is 67.0 Å². The Labute approximate surface area is 274 Å². The van der Waals surface area contributed by atoms with E-state index in [-0.39, 0.29) is 61.7 Å². The molecule has 46 heavy (non-hydrogen) atoms. The van der Waals surface area contributed by atoms with E-state index in [9.17, 15) is 19.8 Å². The third kappa shape index (κ3) is 8.38. The van der Waals surface area contributed by atoms with Gasteiger partial charge in [0.25, 0.3) is 0 Å². The summed E-state index contributed by atoms with van der Waals surface area (Å²) in [4.78, 5) is 27.3. The van der Waals surface area contributed by atoms with Crippen LogP contribution in [0.5, 0.6) is 0 Å². The molecule has 0 aromatic carbocycles. The van der Waals surface area contributed by atoms with Crippen molar-refractivity contribution in [3.05, 3.63) is 22.6 Å². The molecule has 0 aromatic heterocycles. The maximum atomic E-state index is 12.6. The van der Waals surface area contributed by atoms with Crippen molar-refractivity contribution >= 4 is 12.0 Å². The Morgan fingerprint density at radius 2 is 1.85 bits per heavy atom. The van der Waals surface area contributed by atoms with E-state index in [0.29, 0.717) is 35.5 Å². The predicted molar refractivity (Wildman–Crippen MR) is 175 cm³/mol. The van der Waals surface area contributed by atoms with Gasteiger partial charge in [-0.15, -0.1) is 12.3 Å². The molecule has 4 N–H and O–H groups in total. The summed E-state index contributed by atoms with van der Waals surface area (Å²) in [6, 6.07) is 0. The highest BCUT2D eigenvalue weighted by atomic mass is 16.6. The van der Waals surface area contributed by atoms with Crippen LogP contribution in [0.15, 0.2) is 17.3 Å². The Morgan fingerprint density at radius 3 is 2.61 bits per heavy atom. The molecule has 2 amide bonds. The number of hydrogen-bond acceptors (Lipinski definition) is 7. The van der Waals surface area contributed by atoms with Gasteiger partial charge in [0, 0.05) is 17.9 Å². The van der Waals surface area contributed by atoms with Gasteiger partial charge in [-0.3, -0.25) is 4.79 Å². The van der Waals surface area contributed by atoms with Crippen LogP contribution in [0.4, 0.5) is 4.79 Å². The molecule has 11 heteroatoms. The summed E-state index contributed by atoms with van der Waals surface area (Å²) >= 11 is 0. The first-order valence-electron chi connectivity index (χ1n) is 17.3. The minimum absolute atomic E-state index is 0.00434. The predicted octanol–water partition coefficient (Wildman–Crippen LogP) is 5.47. The number of carbonyl (C=O) groups excluding carboxylic acids is 2. The number of azide groups is 1. The molecule has 11 atom stereocenters. The monoisotopic (exact) mass is 641 g/mol. The highest BCUT2D eigenvalue weighted by Crippen LogP contribution is 2.68. The average molecular weight is 642 g/mol. The van der Waals surface area contributed by atoms with Gasteiger partial charge in [-0.1, -0.05) is 32.0 Å². The number of hydrogen-bond donors (Lipinski definition) is 4. The molecular weight excluding hydrogens is 586 g/mol. The van der Waals surface area contributed by atoms with E-state index in [0.717, 1.165) is 38.5 Å². The summed E-state index contributed by atoms with van der Waals surface area (Å²) in [5, 5.41) is 30.5. The lowest BCUT2D eigenvalue weighted by Crippen LogP contribution is -2.58. The van der Waals surface area contributed by atoms with Gasteiger partial charge in [0.15, 0.2) is 0 Å². The third-order valence-electron chi connectivity index (χ3n) is 12.3. The van der Waals surface area contributed by atoms with E-state index in [1.54, 1.807) is 0 Å². The van der Waals surface area contributed by atoms with Gasteiger partial charge >= 0.3 is 6.09 Å². The lowest BCUT2D eigenvalue weighted by atomic mass is 9.43. The molecular formula is C35H55N5O6. The fraction of sp³-hybridized carbons (Fsp3) is 0.829. The largest absolute Gasteiger partial charge is 0.447 e. The molecule has 256 valence electrons. The zero-order valence-electron chi connectivity index (χ0n) is 27.9. The smallest absolute Gasteiger partial charge is 0.408 e. The number of carbonyl (C=O) groups is 2. The average Bonchev–Trinajstić information content (AvgIpc) is 3.37. The standard InChI is InChI=1S/C35H55N5O6/c1-5-8-30(39-33(44)46-20-19-45-18-17-37-40-36)38-31(43)10-7-6-9-23(2)26-11-12-27-32-28(14-16-35(26,27)4)34(3)15-13-25(41)21-24(34)22-29(32)42/h1,7,10,23-30,32,41-42H,6,8-9,11-22H2,2-4H3,(H,38,43)(H,39,44)/b10-7+/t23-,24+,25-,26-,27+,28+,29?,30?,32+,34+,35-/m1/s1. The number of rotatable bonds is 14. The highest BCUT2D eigenvalue weighted by Gasteiger charge is 2.62. The second kappa shape index (κ2) is 16.4. The van der Waals surface area contributed by atoms with E-state index in [4.69, 9.17) is 21.4 Å². The number of aliphatic hydroxyl groups excluding tert-OH is 2. The number of nitrogens with one attached hydrogen (secondary N) is 2. The lowest BCUT2D eigenvalue weighted by Gasteiger charge is -2.62. The van der Waals surface area contributed by atoms with Crippen LogP contribution in [0.3, 0.4) is 0 Å². The number of amides is 2. The first-order chi connectivity index (χ1) is 22.0. The Balaban J connectivity index is 1.22. The minimum Gasteiger partial charge on any atom is -0.447 e. The molecule has 0 aliphatic heterocycles. The van der Waals surface area contributed by atoms with E-state index in [1.165, 1.54) is 31.8 Å². The van der Waals surface area contributed by atoms with Crippen molar-refractivity contribution in [2.45, 2.75) is 110 Å². The summed E-state index contributed by atoms with van der Waals surface area (Å²) in [7, 11) is 0. The highest BCUT2D eigenvalue weighted by molar-refractivity contribution is 5.88. The van der Waals surface area contributed by atoms with Crippen LogP contribution < -0.4 is 10.6 Å². The Kier molecular flexibility index (Phi) is 12.8. The lowest BCUT2D eigenvalue weighted by molar-refractivity contribution is -0.174. The molecule has 4 saturated carbocycles. The molecule has 0 bridgehead atoms. The van der Waals surface area contributed by atoms with Gasteiger partial charge in [-0.2, -0.15) is 0 Å². The van der Waals surface area contributed by atoms with Gasteiger partial charge in [-0.05, 0) is 122 Å². The zero-order chi connectivity index (χ0) is 33.3. The quantitative estimate of drug-likeness (QED) is 0.0373. The number of aliphatic hydroxyl groups is 2. The van der Waals surface area contributed by atoms with Crippen molar-refractivity contribution in [3.63, 3.8) is 0 Å². The summed E-state index contributed by atoms with van der Waals surface area (Å²) in [6.45, 7) is 7.87. The fourth-order valence-electron chi connectivity index (χ4n) is 10.0. The molecule has 11 nitrogen and oxygen atoms in total. The van der Waals surface area contributed by atoms with E-state index >= 15 is 0 Å². The first-order valence-corrected chi connectivity index (χ1v) is 17.3. The number of ether oxygens (including phenoxy) is 2. The van der Waals surface area contributed by atoms with Crippen molar-refractivity contribution in [2.75, 3.05) is 26.4 Å². The summed E-state index contributed by atoms with van der Waals surface area (Å²) in [5.74, 6) is 5.09. The van der Waals surface area contributed by atoms with Crippen molar-refractivity contribution in [3.8, 4) is 12.3 Å². The van der Waals surface area contributed by atoms with Crippen molar-refractivity contribution in [1.82, 2.24) is 10.6 Å². The fourth-order valence-corrected chi connectivity index (χ4v) is 10.0. The zero-order valence-corrected chi connectivity index (χ0v) is 27.9. The summed E-state index contributed by atoms with van der Waals surface area (Å²) in [6.07, 6.45) is 17.1. The van der Waals surface area contributed by atoms with Gasteiger partial charge in [0.2, 0.25) is 5.91 Å². The molecule has 0 radical (unpaired) electrons. The van der Waals surface area contributed by atoms with Crippen molar-refractivity contribution < 1.29 is 29.3 Å². The number of allylic oxidation sites excluding steroid dienone is 1.